The average molecular weight is 391 g/mol. The molecule has 140 valence electrons. The molecule has 2 heterocycles. The number of aromatic amines is 1. The Morgan fingerprint density at radius 1 is 0.893 bits per heavy atom. The summed E-state index contributed by atoms with van der Waals surface area (Å²) in [4.78, 5) is 45.1. The van der Waals surface area contributed by atoms with Gasteiger partial charge in [0.2, 0.25) is 0 Å². The minimum Gasteiger partial charge on any atom is -0.301 e. The molecule has 0 radical (unpaired) electrons. The van der Waals surface area contributed by atoms with Crippen molar-refractivity contribution in [1.82, 2.24) is 14.9 Å². The molecule has 6 nitrogen and oxygen atoms in total. The zero-order valence-corrected chi connectivity index (χ0v) is 15.7. The smallest absolute Gasteiger partial charge is 0.261 e. The van der Waals surface area contributed by atoms with Gasteiger partial charge in [0.25, 0.3) is 17.4 Å². The maximum Gasteiger partial charge on any atom is 0.261 e. The third-order valence-corrected chi connectivity index (χ3v) is 5.39. The van der Waals surface area contributed by atoms with E-state index in [0.29, 0.717) is 40.7 Å². The van der Waals surface area contributed by atoms with E-state index < -0.39 is 0 Å². The first-order chi connectivity index (χ1) is 13.6. The number of nitrogens with one attached hydrogen (secondary N) is 1. The maximum absolute atomic E-state index is 12.4. The molecular formula is C21H17N3O3S. The Morgan fingerprint density at radius 3 is 2.21 bits per heavy atom. The van der Waals surface area contributed by atoms with Crippen molar-refractivity contribution in [3.8, 4) is 11.3 Å². The first kappa shape index (κ1) is 18.2. The van der Waals surface area contributed by atoms with Gasteiger partial charge in [-0.25, -0.2) is 4.98 Å². The molecule has 0 atom stereocenters. The van der Waals surface area contributed by atoms with Gasteiger partial charge in [-0.15, -0.1) is 0 Å². The number of fused-ring (bicyclic) bond motifs is 1. The highest BCUT2D eigenvalue weighted by atomic mass is 32.2. The second kappa shape index (κ2) is 7.82. The van der Waals surface area contributed by atoms with Crippen LogP contribution < -0.4 is 5.56 Å². The molecule has 0 saturated carbocycles. The standard InChI is InChI=1S/C21H17N3O3S/c25-18-13-17(14-7-2-1-3-8-14)22-21(23-18)28-12-6-11-24-19(26)15-9-4-5-10-16(15)20(24)27/h1-5,7-10,13H,6,11-12H2,(H,22,23,25). The summed E-state index contributed by atoms with van der Waals surface area (Å²) in [6.07, 6.45) is 0.607. The summed E-state index contributed by atoms with van der Waals surface area (Å²) in [7, 11) is 0. The number of hydrogen-bond donors (Lipinski definition) is 1. The van der Waals surface area contributed by atoms with Crippen molar-refractivity contribution in [3.63, 3.8) is 0 Å². The molecule has 2 aromatic carbocycles. The van der Waals surface area contributed by atoms with E-state index in [1.165, 1.54) is 22.7 Å². The second-order valence-corrected chi connectivity index (χ2v) is 7.39. The van der Waals surface area contributed by atoms with Crippen molar-refractivity contribution in [2.45, 2.75) is 11.6 Å². The number of carbonyl (C=O) groups is 2. The van der Waals surface area contributed by atoms with Crippen LogP contribution in [0.1, 0.15) is 27.1 Å². The lowest BCUT2D eigenvalue weighted by Gasteiger charge is -2.13. The fourth-order valence-electron chi connectivity index (χ4n) is 3.09. The summed E-state index contributed by atoms with van der Waals surface area (Å²) in [5.41, 5.74) is 2.20. The van der Waals surface area contributed by atoms with Crippen LogP contribution >= 0.6 is 11.8 Å². The highest BCUT2D eigenvalue weighted by molar-refractivity contribution is 7.99. The minimum atomic E-state index is -0.247. The van der Waals surface area contributed by atoms with Gasteiger partial charge in [-0.05, 0) is 18.6 Å². The molecule has 0 bridgehead atoms. The van der Waals surface area contributed by atoms with E-state index in [2.05, 4.69) is 9.97 Å². The predicted molar refractivity (Wildman–Crippen MR) is 107 cm³/mol. The maximum atomic E-state index is 12.4. The van der Waals surface area contributed by atoms with E-state index in [0.717, 1.165) is 5.56 Å². The summed E-state index contributed by atoms with van der Waals surface area (Å²) in [5.74, 6) is 0.126. The Kier molecular flexibility index (Phi) is 5.08. The third-order valence-electron chi connectivity index (χ3n) is 4.43. The zero-order chi connectivity index (χ0) is 19.5. The number of benzene rings is 2. The Hall–Kier alpha value is -3.19. The number of nitrogens with zero attached hydrogens (tertiary/aromatic N) is 2. The Balaban J connectivity index is 1.38. The van der Waals surface area contributed by atoms with E-state index in [1.54, 1.807) is 24.3 Å². The van der Waals surface area contributed by atoms with Crippen LogP contribution in [0, 0.1) is 0 Å². The highest BCUT2D eigenvalue weighted by Crippen LogP contribution is 2.23. The third kappa shape index (κ3) is 3.61. The van der Waals surface area contributed by atoms with Gasteiger partial charge in [-0.3, -0.25) is 19.3 Å². The molecule has 3 aromatic rings. The van der Waals surface area contributed by atoms with Crippen LogP contribution in [0.4, 0.5) is 0 Å². The molecule has 0 saturated heterocycles. The molecule has 28 heavy (non-hydrogen) atoms. The number of amides is 2. The van der Waals surface area contributed by atoms with Gasteiger partial charge in [0.1, 0.15) is 0 Å². The molecular weight excluding hydrogens is 374 g/mol. The molecule has 1 N–H and O–H groups in total. The summed E-state index contributed by atoms with van der Waals surface area (Å²) in [6.45, 7) is 0.335. The van der Waals surface area contributed by atoms with Crippen LogP contribution in [0.15, 0.2) is 70.6 Å². The Bertz CT molecular complexity index is 1060. The molecule has 1 aliphatic heterocycles. The minimum absolute atomic E-state index is 0.211. The van der Waals surface area contributed by atoms with Gasteiger partial charge in [-0.2, -0.15) is 0 Å². The van der Waals surface area contributed by atoms with E-state index >= 15 is 0 Å². The highest BCUT2D eigenvalue weighted by Gasteiger charge is 2.34. The first-order valence-corrected chi connectivity index (χ1v) is 9.87. The largest absolute Gasteiger partial charge is 0.301 e. The van der Waals surface area contributed by atoms with Crippen molar-refractivity contribution in [2.24, 2.45) is 0 Å². The molecule has 0 aliphatic carbocycles. The van der Waals surface area contributed by atoms with Crippen LogP contribution in [-0.2, 0) is 0 Å². The van der Waals surface area contributed by atoms with Crippen LogP contribution in [0.3, 0.4) is 0 Å². The van der Waals surface area contributed by atoms with Crippen molar-refractivity contribution >= 4 is 23.6 Å². The number of hydrogen-bond acceptors (Lipinski definition) is 5. The second-order valence-electron chi connectivity index (χ2n) is 6.31. The fourth-order valence-corrected chi connectivity index (χ4v) is 3.90. The molecule has 4 rings (SSSR count). The van der Waals surface area contributed by atoms with Gasteiger partial charge in [0, 0.05) is 23.9 Å². The summed E-state index contributed by atoms with van der Waals surface area (Å²) in [5, 5.41) is 0.522. The number of H-pyrrole nitrogens is 1. The van der Waals surface area contributed by atoms with Crippen LogP contribution in [0.25, 0.3) is 11.3 Å². The summed E-state index contributed by atoms with van der Waals surface area (Å²) in [6, 6.07) is 17.8. The lowest BCUT2D eigenvalue weighted by molar-refractivity contribution is 0.0655. The van der Waals surface area contributed by atoms with Crippen molar-refractivity contribution in [3.05, 3.63) is 82.1 Å². The number of aromatic nitrogens is 2. The fraction of sp³-hybridized carbons (Fsp3) is 0.143. The first-order valence-electron chi connectivity index (χ1n) is 8.88. The Morgan fingerprint density at radius 2 is 1.54 bits per heavy atom. The predicted octanol–water partition coefficient (Wildman–Crippen LogP) is 3.22. The van der Waals surface area contributed by atoms with Gasteiger partial charge in [0.05, 0.1) is 16.8 Å². The molecule has 2 amide bonds. The number of carbonyl (C=O) groups excluding carboxylic acids is 2. The lowest BCUT2D eigenvalue weighted by atomic mass is 10.1. The topological polar surface area (TPSA) is 83.1 Å². The summed E-state index contributed by atoms with van der Waals surface area (Å²) < 4.78 is 0. The monoisotopic (exact) mass is 391 g/mol. The molecule has 0 fully saturated rings. The van der Waals surface area contributed by atoms with Crippen molar-refractivity contribution in [2.75, 3.05) is 12.3 Å². The van der Waals surface area contributed by atoms with Crippen LogP contribution in [-0.4, -0.2) is 39.0 Å². The molecule has 7 heteroatoms. The molecule has 0 spiro atoms. The Labute approximate surface area is 165 Å². The number of imide groups is 1. The number of rotatable bonds is 6. The number of thioether (sulfide) groups is 1. The zero-order valence-electron chi connectivity index (χ0n) is 14.9. The van der Waals surface area contributed by atoms with Gasteiger partial charge in [0.15, 0.2) is 5.16 Å². The molecule has 1 aliphatic rings. The van der Waals surface area contributed by atoms with Crippen LogP contribution in [0.5, 0.6) is 0 Å². The van der Waals surface area contributed by atoms with Gasteiger partial charge >= 0.3 is 0 Å². The van der Waals surface area contributed by atoms with Crippen molar-refractivity contribution in [1.29, 1.82) is 0 Å². The quantitative estimate of drug-likeness (QED) is 0.302. The average Bonchev–Trinajstić information content (AvgIpc) is 2.96. The normalized spacial score (nSPS) is 13.1. The van der Waals surface area contributed by atoms with E-state index in [4.69, 9.17) is 0 Å². The van der Waals surface area contributed by atoms with E-state index in [9.17, 15) is 14.4 Å². The van der Waals surface area contributed by atoms with E-state index in [1.807, 2.05) is 30.3 Å². The molecule has 0 unspecified atom stereocenters. The van der Waals surface area contributed by atoms with Crippen LogP contribution in [0.2, 0.25) is 0 Å². The lowest BCUT2D eigenvalue weighted by Crippen LogP contribution is -2.31. The summed E-state index contributed by atoms with van der Waals surface area (Å²) >= 11 is 1.40. The van der Waals surface area contributed by atoms with Crippen molar-refractivity contribution < 1.29 is 9.59 Å². The van der Waals surface area contributed by atoms with Gasteiger partial charge in [-0.1, -0.05) is 54.2 Å². The SMILES string of the molecule is O=C1c2ccccc2C(=O)N1CCCSc1nc(-c2ccccc2)cc(=O)[nH]1. The molecule has 1 aromatic heterocycles. The van der Waals surface area contributed by atoms with Gasteiger partial charge < -0.3 is 4.98 Å². The van der Waals surface area contributed by atoms with E-state index in [-0.39, 0.29) is 17.4 Å².